The largest absolute Gasteiger partial charge is 0.378 e. The first-order valence-corrected chi connectivity index (χ1v) is 7.38. The fourth-order valence-corrected chi connectivity index (χ4v) is 2.71. The molecule has 0 unspecified atom stereocenters. The highest BCUT2D eigenvalue weighted by atomic mass is 32.1. The van der Waals surface area contributed by atoms with Crippen LogP contribution in [0.3, 0.4) is 0 Å². The zero-order valence-electron chi connectivity index (χ0n) is 11.3. The van der Waals surface area contributed by atoms with Crippen LogP contribution in [0.15, 0.2) is 48.2 Å². The summed E-state index contributed by atoms with van der Waals surface area (Å²) in [6.45, 7) is 3.63. The molecule has 3 aromatic rings. The minimum absolute atomic E-state index is 0.794. The zero-order valence-corrected chi connectivity index (χ0v) is 12.1. The molecule has 2 aromatic heterocycles. The second-order valence-electron chi connectivity index (χ2n) is 4.63. The quantitative estimate of drug-likeness (QED) is 0.781. The summed E-state index contributed by atoms with van der Waals surface area (Å²) in [4.78, 5) is 5.51. The first kappa shape index (κ1) is 12.9. The van der Waals surface area contributed by atoms with Crippen molar-refractivity contribution < 1.29 is 0 Å². The number of thiazole rings is 1. The maximum absolute atomic E-state index is 4.38. The summed E-state index contributed by atoms with van der Waals surface area (Å²) in [5, 5.41) is 7.76. The molecule has 3 rings (SSSR count). The van der Waals surface area contributed by atoms with Crippen LogP contribution in [0.25, 0.3) is 0 Å². The van der Waals surface area contributed by atoms with E-state index in [9.17, 15) is 0 Å². The van der Waals surface area contributed by atoms with E-state index in [1.165, 1.54) is 10.4 Å². The van der Waals surface area contributed by atoms with Crippen LogP contribution in [-0.4, -0.2) is 14.8 Å². The highest BCUT2D eigenvalue weighted by molar-refractivity contribution is 7.09. The van der Waals surface area contributed by atoms with Gasteiger partial charge in [-0.15, -0.1) is 11.3 Å². The summed E-state index contributed by atoms with van der Waals surface area (Å²) in [7, 11) is 0. The molecule has 2 heterocycles. The first-order chi connectivity index (χ1) is 9.81. The van der Waals surface area contributed by atoms with Gasteiger partial charge in [0, 0.05) is 11.1 Å². The molecule has 0 fully saturated rings. The molecule has 0 radical (unpaired) electrons. The monoisotopic (exact) mass is 284 g/mol. The lowest BCUT2D eigenvalue weighted by Crippen LogP contribution is -2.00. The van der Waals surface area contributed by atoms with E-state index in [2.05, 4.69) is 27.5 Å². The average Bonchev–Trinajstić information content (AvgIpc) is 3.07. The van der Waals surface area contributed by atoms with Gasteiger partial charge in [-0.1, -0.05) is 30.3 Å². The number of benzene rings is 1. The molecule has 20 heavy (non-hydrogen) atoms. The molecule has 0 saturated carbocycles. The van der Waals surface area contributed by atoms with Crippen molar-refractivity contribution in [1.82, 2.24) is 14.8 Å². The van der Waals surface area contributed by atoms with Gasteiger partial charge in [0.05, 0.1) is 36.2 Å². The standard InChI is InChI=1S/C15H16N4S/c1-12-15(20-11-17-12)8-16-14-7-18-19(10-14)9-13-5-3-2-4-6-13/h2-7,10-11,16H,8-9H2,1H3. The number of nitrogens with one attached hydrogen (secondary N) is 1. The fraction of sp³-hybridized carbons (Fsp3) is 0.200. The van der Waals surface area contributed by atoms with Crippen molar-refractivity contribution in [3.8, 4) is 0 Å². The molecule has 0 aliphatic rings. The number of nitrogens with zero attached hydrogens (tertiary/aromatic N) is 3. The van der Waals surface area contributed by atoms with Crippen molar-refractivity contribution in [1.29, 1.82) is 0 Å². The maximum atomic E-state index is 4.38. The second kappa shape index (κ2) is 5.88. The Morgan fingerprint density at radius 2 is 2.10 bits per heavy atom. The van der Waals surface area contributed by atoms with Crippen molar-refractivity contribution in [3.63, 3.8) is 0 Å². The Bertz CT molecular complexity index is 672. The van der Waals surface area contributed by atoms with Gasteiger partial charge in [-0.05, 0) is 12.5 Å². The summed E-state index contributed by atoms with van der Waals surface area (Å²) in [5.74, 6) is 0. The number of rotatable bonds is 5. The van der Waals surface area contributed by atoms with Gasteiger partial charge in [0.1, 0.15) is 0 Å². The lowest BCUT2D eigenvalue weighted by atomic mass is 10.2. The van der Waals surface area contributed by atoms with Crippen LogP contribution in [0.5, 0.6) is 0 Å². The van der Waals surface area contributed by atoms with Gasteiger partial charge in [0.15, 0.2) is 0 Å². The Kier molecular flexibility index (Phi) is 3.78. The minimum atomic E-state index is 0.794. The molecular weight excluding hydrogens is 268 g/mol. The Hall–Kier alpha value is -2.14. The SMILES string of the molecule is Cc1ncsc1CNc1cnn(Cc2ccccc2)c1. The van der Waals surface area contributed by atoms with Crippen molar-refractivity contribution in [2.24, 2.45) is 0 Å². The van der Waals surface area contributed by atoms with Gasteiger partial charge in [0.2, 0.25) is 0 Å². The lowest BCUT2D eigenvalue weighted by Gasteiger charge is -2.02. The van der Waals surface area contributed by atoms with Crippen molar-refractivity contribution in [2.45, 2.75) is 20.0 Å². The number of hydrogen-bond donors (Lipinski definition) is 1. The van der Waals surface area contributed by atoms with E-state index in [0.717, 1.165) is 24.5 Å². The Morgan fingerprint density at radius 3 is 2.85 bits per heavy atom. The normalized spacial score (nSPS) is 10.7. The van der Waals surface area contributed by atoms with E-state index in [1.807, 2.05) is 47.7 Å². The van der Waals surface area contributed by atoms with E-state index >= 15 is 0 Å². The average molecular weight is 284 g/mol. The Balaban J connectivity index is 1.61. The molecule has 0 aliphatic heterocycles. The first-order valence-electron chi connectivity index (χ1n) is 6.50. The summed E-state index contributed by atoms with van der Waals surface area (Å²) >= 11 is 1.68. The summed E-state index contributed by atoms with van der Waals surface area (Å²) in [6.07, 6.45) is 3.89. The van der Waals surface area contributed by atoms with Crippen LogP contribution in [-0.2, 0) is 13.1 Å². The summed E-state index contributed by atoms with van der Waals surface area (Å²) in [5.41, 5.74) is 5.26. The van der Waals surface area contributed by atoms with Gasteiger partial charge in [0.25, 0.3) is 0 Å². The second-order valence-corrected chi connectivity index (χ2v) is 5.57. The smallest absolute Gasteiger partial charge is 0.0798 e. The molecule has 1 aromatic carbocycles. The molecule has 0 saturated heterocycles. The molecule has 1 N–H and O–H groups in total. The van der Waals surface area contributed by atoms with E-state index in [1.54, 1.807) is 11.3 Å². The van der Waals surface area contributed by atoms with Crippen LogP contribution in [0.1, 0.15) is 16.1 Å². The van der Waals surface area contributed by atoms with Crippen molar-refractivity contribution in [2.75, 3.05) is 5.32 Å². The summed E-state index contributed by atoms with van der Waals surface area (Å²) < 4.78 is 1.94. The maximum Gasteiger partial charge on any atom is 0.0798 e. The molecule has 0 atom stereocenters. The van der Waals surface area contributed by atoms with Crippen LogP contribution in [0, 0.1) is 6.92 Å². The highest BCUT2D eigenvalue weighted by Crippen LogP contribution is 2.15. The molecule has 4 nitrogen and oxygen atoms in total. The van der Waals surface area contributed by atoms with Gasteiger partial charge >= 0.3 is 0 Å². The third-order valence-electron chi connectivity index (χ3n) is 3.12. The minimum Gasteiger partial charge on any atom is -0.378 e. The summed E-state index contributed by atoms with van der Waals surface area (Å²) in [6, 6.07) is 10.3. The van der Waals surface area contributed by atoms with E-state index < -0.39 is 0 Å². The molecule has 0 spiro atoms. The van der Waals surface area contributed by atoms with E-state index in [4.69, 9.17) is 0 Å². The number of hydrogen-bond acceptors (Lipinski definition) is 4. The lowest BCUT2D eigenvalue weighted by molar-refractivity contribution is 0.687. The van der Waals surface area contributed by atoms with Crippen molar-refractivity contribution in [3.05, 3.63) is 64.4 Å². The Labute approximate surface area is 122 Å². The highest BCUT2D eigenvalue weighted by Gasteiger charge is 2.03. The topological polar surface area (TPSA) is 42.7 Å². The predicted molar refractivity (Wildman–Crippen MR) is 81.9 cm³/mol. The molecule has 5 heteroatoms. The Morgan fingerprint density at radius 1 is 1.25 bits per heavy atom. The third kappa shape index (κ3) is 3.05. The van der Waals surface area contributed by atoms with Gasteiger partial charge < -0.3 is 5.32 Å². The number of aryl methyl sites for hydroxylation is 1. The van der Waals surface area contributed by atoms with Gasteiger partial charge in [-0.25, -0.2) is 4.98 Å². The van der Waals surface area contributed by atoms with Crippen LogP contribution in [0.2, 0.25) is 0 Å². The molecular formula is C15H16N4S. The van der Waals surface area contributed by atoms with E-state index in [-0.39, 0.29) is 0 Å². The predicted octanol–water partition coefficient (Wildman–Crippen LogP) is 3.31. The molecule has 0 aliphatic carbocycles. The van der Waals surface area contributed by atoms with Crippen molar-refractivity contribution >= 4 is 17.0 Å². The van der Waals surface area contributed by atoms with Gasteiger partial charge in [-0.3, -0.25) is 4.68 Å². The van der Waals surface area contributed by atoms with Crippen LogP contribution in [0.4, 0.5) is 5.69 Å². The van der Waals surface area contributed by atoms with Crippen LogP contribution >= 0.6 is 11.3 Å². The number of aromatic nitrogens is 3. The third-order valence-corrected chi connectivity index (χ3v) is 4.05. The number of anilines is 1. The molecule has 0 amide bonds. The van der Waals surface area contributed by atoms with E-state index in [0.29, 0.717) is 0 Å². The fourth-order valence-electron chi connectivity index (χ4n) is 1.99. The molecule has 102 valence electrons. The van der Waals surface area contributed by atoms with Crippen LogP contribution < -0.4 is 5.32 Å². The molecule has 0 bridgehead atoms. The zero-order chi connectivity index (χ0) is 13.8. The van der Waals surface area contributed by atoms with Gasteiger partial charge in [-0.2, -0.15) is 5.10 Å².